The molecule has 0 amide bonds. The molecule has 1 fully saturated rings. The molecule has 9 nitrogen and oxygen atoms in total. The van der Waals surface area contributed by atoms with Crippen molar-refractivity contribution < 1.29 is 42.7 Å². The number of benzene rings is 3. The largest absolute Gasteiger partial charge is 0.493 e. The number of alkyl halides is 1. The number of carbonyl (C=O) groups excluding carboxylic acids is 2. The summed E-state index contributed by atoms with van der Waals surface area (Å²) in [5, 5.41) is 0. The van der Waals surface area contributed by atoms with Crippen LogP contribution in [0, 0.1) is 12.8 Å². The van der Waals surface area contributed by atoms with E-state index >= 15 is 0 Å². The van der Waals surface area contributed by atoms with Crippen molar-refractivity contribution in [1.82, 2.24) is 0 Å². The van der Waals surface area contributed by atoms with Crippen LogP contribution in [0.4, 0.5) is 0 Å². The molecule has 208 valence electrons. The van der Waals surface area contributed by atoms with Gasteiger partial charge in [-0.25, -0.2) is 4.79 Å². The summed E-state index contributed by atoms with van der Waals surface area (Å²) in [5.41, 5.74) is 3.55. The van der Waals surface area contributed by atoms with Crippen LogP contribution in [0.2, 0.25) is 0 Å². The average molecular weight is 611 g/mol. The second-order valence-corrected chi connectivity index (χ2v) is 11.2. The van der Waals surface area contributed by atoms with Crippen LogP contribution in [0.25, 0.3) is 0 Å². The monoisotopic (exact) mass is 610 g/mol. The van der Waals surface area contributed by atoms with E-state index in [9.17, 15) is 9.59 Å². The van der Waals surface area contributed by atoms with Crippen LogP contribution in [0.1, 0.15) is 44.6 Å². The molecule has 0 saturated carbocycles. The molecule has 3 aliphatic rings. The van der Waals surface area contributed by atoms with Gasteiger partial charge in [-0.3, -0.25) is 4.79 Å². The predicted octanol–water partition coefficient (Wildman–Crippen LogP) is 5.10. The zero-order valence-corrected chi connectivity index (χ0v) is 23.9. The van der Waals surface area contributed by atoms with Crippen molar-refractivity contribution in [3.63, 3.8) is 0 Å². The molecule has 2 heterocycles. The quantitative estimate of drug-likeness (QED) is 0.279. The molecular weight excluding hydrogens is 584 g/mol. The molecule has 40 heavy (non-hydrogen) atoms. The highest BCUT2D eigenvalue weighted by atomic mass is 79.9. The molecule has 3 aromatic rings. The van der Waals surface area contributed by atoms with Crippen LogP contribution in [0.15, 0.2) is 48.5 Å². The molecule has 6 rings (SSSR count). The summed E-state index contributed by atoms with van der Waals surface area (Å²) >= 11 is 3.82. The number of aryl methyl sites for hydroxylation is 1. The molecule has 0 N–H and O–H groups in total. The molecule has 0 unspecified atom stereocenters. The summed E-state index contributed by atoms with van der Waals surface area (Å²) in [7, 11) is 4.59. The maximum absolute atomic E-state index is 13.6. The first-order valence-corrected chi connectivity index (χ1v) is 13.5. The van der Waals surface area contributed by atoms with E-state index < -0.39 is 34.2 Å². The van der Waals surface area contributed by atoms with Crippen LogP contribution in [0.5, 0.6) is 28.7 Å². The van der Waals surface area contributed by atoms with Gasteiger partial charge in [-0.15, -0.1) is 0 Å². The topological polar surface area (TPSA) is 98.8 Å². The van der Waals surface area contributed by atoms with Crippen LogP contribution in [-0.4, -0.2) is 51.0 Å². The Kier molecular flexibility index (Phi) is 6.53. The molecule has 0 bridgehead atoms. The van der Waals surface area contributed by atoms with Gasteiger partial charge < -0.3 is 33.2 Å². The van der Waals surface area contributed by atoms with E-state index in [0.29, 0.717) is 51.0 Å². The fourth-order valence-corrected chi connectivity index (χ4v) is 6.81. The highest BCUT2D eigenvalue weighted by Gasteiger charge is 2.64. The number of carbonyl (C=O) groups is 2. The Morgan fingerprint density at radius 2 is 1.52 bits per heavy atom. The predicted molar refractivity (Wildman–Crippen MR) is 146 cm³/mol. The van der Waals surface area contributed by atoms with Crippen LogP contribution >= 0.6 is 15.9 Å². The molecule has 2 aliphatic heterocycles. The normalized spacial score (nSPS) is 24.0. The number of ether oxygens (including phenoxy) is 7. The van der Waals surface area contributed by atoms with Gasteiger partial charge in [0.2, 0.25) is 12.5 Å². The Labute approximate surface area is 239 Å². The maximum atomic E-state index is 13.6. The Hall–Kier alpha value is -3.92. The Morgan fingerprint density at radius 1 is 0.900 bits per heavy atom. The van der Waals surface area contributed by atoms with Gasteiger partial charge in [0.05, 0.1) is 32.8 Å². The minimum absolute atomic E-state index is 0.0464. The van der Waals surface area contributed by atoms with E-state index in [1.54, 1.807) is 12.1 Å². The average Bonchev–Trinajstić information content (AvgIpc) is 3.54. The maximum Gasteiger partial charge on any atom is 0.338 e. The van der Waals surface area contributed by atoms with Gasteiger partial charge >= 0.3 is 11.9 Å². The van der Waals surface area contributed by atoms with E-state index in [0.717, 1.165) is 5.56 Å². The fourth-order valence-electron chi connectivity index (χ4n) is 5.81. The number of halogens is 1. The summed E-state index contributed by atoms with van der Waals surface area (Å²) < 4.78 is 38.7. The first kappa shape index (κ1) is 26.3. The number of fused-ring (bicyclic) bond motifs is 3. The van der Waals surface area contributed by atoms with Crippen molar-refractivity contribution in [2.24, 2.45) is 5.92 Å². The molecule has 3 aromatic carbocycles. The number of methoxy groups -OCH3 is 3. The van der Waals surface area contributed by atoms with Crippen molar-refractivity contribution in [3.05, 3.63) is 76.3 Å². The van der Waals surface area contributed by atoms with E-state index in [-0.39, 0.29) is 13.4 Å². The Balaban J connectivity index is 1.55. The number of esters is 2. The van der Waals surface area contributed by atoms with Gasteiger partial charge in [0, 0.05) is 11.5 Å². The van der Waals surface area contributed by atoms with Gasteiger partial charge in [0.1, 0.15) is 17.0 Å². The van der Waals surface area contributed by atoms with E-state index in [1.165, 1.54) is 21.3 Å². The lowest BCUT2D eigenvalue weighted by molar-refractivity contribution is -0.140. The van der Waals surface area contributed by atoms with E-state index in [2.05, 4.69) is 15.9 Å². The fraction of sp³-hybridized carbons (Fsp3) is 0.333. The summed E-state index contributed by atoms with van der Waals surface area (Å²) in [6, 6.07) is 14.4. The third-order valence-electron chi connectivity index (χ3n) is 7.77. The third kappa shape index (κ3) is 3.96. The second kappa shape index (κ2) is 9.92. The van der Waals surface area contributed by atoms with Gasteiger partial charge in [-0.1, -0.05) is 33.6 Å². The highest BCUT2D eigenvalue weighted by molar-refractivity contribution is 9.10. The van der Waals surface area contributed by atoms with Crippen molar-refractivity contribution in [2.45, 2.75) is 23.3 Å². The minimum Gasteiger partial charge on any atom is -0.493 e. The minimum atomic E-state index is -1.28. The zero-order valence-electron chi connectivity index (χ0n) is 22.3. The number of hydrogen-bond donors (Lipinski definition) is 0. The second-order valence-electron chi connectivity index (χ2n) is 9.89. The standard InChI is InChI=1S/C30H27BrO9/c1-15-5-7-16(8-6-15)28(32)40-26-19-12-22-21(38-14-39-22)11-18(19)25(30(31)20(26)13-37-29(30)33)17-9-23(34-2)27(36-4)24(10-17)35-3/h5-12,20,25-26H,13-14H2,1-4H3/t20-,25-,26+,30+/m1/s1. The smallest absolute Gasteiger partial charge is 0.338 e. The van der Waals surface area contributed by atoms with Crippen molar-refractivity contribution in [2.75, 3.05) is 34.7 Å². The van der Waals surface area contributed by atoms with Crippen LogP contribution in [0.3, 0.4) is 0 Å². The molecule has 0 radical (unpaired) electrons. The lowest BCUT2D eigenvalue weighted by Gasteiger charge is -2.43. The highest BCUT2D eigenvalue weighted by Crippen LogP contribution is 2.61. The molecular formula is C30H27BrO9. The Bertz CT molecular complexity index is 1480. The van der Waals surface area contributed by atoms with Gasteiger partial charge in [-0.2, -0.15) is 0 Å². The van der Waals surface area contributed by atoms with Crippen LogP contribution < -0.4 is 23.7 Å². The number of cyclic esters (lactones) is 1. The zero-order chi connectivity index (χ0) is 28.2. The third-order valence-corrected chi connectivity index (χ3v) is 9.14. The van der Waals surface area contributed by atoms with Crippen molar-refractivity contribution >= 4 is 27.9 Å². The van der Waals surface area contributed by atoms with Crippen molar-refractivity contribution in [1.29, 1.82) is 0 Å². The van der Waals surface area contributed by atoms with Gasteiger partial charge in [0.15, 0.2) is 23.0 Å². The Morgan fingerprint density at radius 3 is 2.12 bits per heavy atom. The van der Waals surface area contributed by atoms with E-state index in [4.69, 9.17) is 33.2 Å². The lowest BCUT2D eigenvalue weighted by atomic mass is 9.66. The van der Waals surface area contributed by atoms with E-state index in [1.807, 2.05) is 43.3 Å². The first-order chi connectivity index (χ1) is 19.3. The molecule has 1 aliphatic carbocycles. The summed E-state index contributed by atoms with van der Waals surface area (Å²) in [6.07, 6.45) is -0.817. The molecule has 0 spiro atoms. The summed E-state index contributed by atoms with van der Waals surface area (Å²) in [4.78, 5) is 26.9. The molecule has 10 heteroatoms. The molecule has 4 atom stereocenters. The van der Waals surface area contributed by atoms with Gasteiger partial charge in [0.25, 0.3) is 0 Å². The SMILES string of the molecule is COc1cc([C@@H]2c3cc4c(cc3[C@H](OC(=O)c3ccc(C)cc3)[C@H]3COC(=O)[C@@]23Br)OCO4)cc(OC)c1OC. The van der Waals surface area contributed by atoms with Gasteiger partial charge in [-0.05, 0) is 54.4 Å². The summed E-state index contributed by atoms with van der Waals surface area (Å²) in [6.45, 7) is 2.05. The number of rotatable bonds is 6. The lowest BCUT2D eigenvalue weighted by Crippen LogP contribution is -2.48. The number of hydrogen-bond acceptors (Lipinski definition) is 9. The molecule has 0 aromatic heterocycles. The molecule has 1 saturated heterocycles. The summed E-state index contributed by atoms with van der Waals surface area (Å²) in [5.74, 6) is 0.231. The van der Waals surface area contributed by atoms with Crippen LogP contribution in [-0.2, 0) is 14.3 Å². The first-order valence-electron chi connectivity index (χ1n) is 12.7. The van der Waals surface area contributed by atoms with Crippen molar-refractivity contribution in [3.8, 4) is 28.7 Å².